The van der Waals surface area contributed by atoms with E-state index in [-0.39, 0.29) is 59.8 Å². The van der Waals surface area contributed by atoms with Crippen LogP contribution in [-0.4, -0.2) is 47.7 Å². The van der Waals surface area contributed by atoms with Crippen molar-refractivity contribution in [3.05, 3.63) is 72.7 Å². The highest BCUT2D eigenvalue weighted by atomic mass is 35.5. The van der Waals surface area contributed by atoms with Crippen LogP contribution in [0.15, 0.2) is 35.3 Å². The van der Waals surface area contributed by atoms with Gasteiger partial charge in [-0.2, -0.15) is 0 Å². The lowest BCUT2D eigenvalue weighted by molar-refractivity contribution is -0.125. The third-order valence-corrected chi connectivity index (χ3v) is 8.29. The molecule has 2 heterocycles. The highest BCUT2D eigenvalue weighted by molar-refractivity contribution is 6.38. The second-order valence-corrected chi connectivity index (χ2v) is 11.4. The van der Waals surface area contributed by atoms with Crippen LogP contribution >= 0.6 is 34.8 Å². The molecule has 2 amide bonds. The minimum atomic E-state index is -0.695. The number of aromatic nitrogens is 1. The van der Waals surface area contributed by atoms with E-state index < -0.39 is 23.1 Å². The number of hydrogen-bond acceptors (Lipinski definition) is 5. The van der Waals surface area contributed by atoms with E-state index in [0.717, 1.165) is 18.9 Å². The van der Waals surface area contributed by atoms with Crippen LogP contribution < -0.4 is 21.0 Å². The largest absolute Gasteiger partial charge is 0.395 e. The Morgan fingerprint density at radius 2 is 1.88 bits per heavy atom. The number of aliphatic hydroxyl groups excluding tert-OH is 1. The second-order valence-electron chi connectivity index (χ2n) is 10.1. The van der Waals surface area contributed by atoms with Gasteiger partial charge < -0.3 is 25.2 Å². The zero-order chi connectivity index (χ0) is 28.6. The van der Waals surface area contributed by atoms with Gasteiger partial charge in [0.2, 0.25) is 11.3 Å². The van der Waals surface area contributed by atoms with Crippen LogP contribution in [0.4, 0.5) is 10.1 Å². The van der Waals surface area contributed by atoms with Gasteiger partial charge in [0.05, 0.1) is 34.1 Å². The number of pyridine rings is 1. The molecule has 2 fully saturated rings. The van der Waals surface area contributed by atoms with E-state index in [1.165, 1.54) is 6.20 Å². The number of carbonyl (C=O) groups excluding carboxylic acids is 2. The van der Waals surface area contributed by atoms with Crippen LogP contribution in [0.3, 0.4) is 0 Å². The molecule has 1 aliphatic carbocycles. The zero-order valence-corrected chi connectivity index (χ0v) is 23.8. The highest BCUT2D eigenvalue weighted by Gasteiger charge is 2.32. The van der Waals surface area contributed by atoms with Crippen molar-refractivity contribution in [1.29, 1.82) is 0 Å². The van der Waals surface area contributed by atoms with Crippen molar-refractivity contribution in [3.8, 4) is 0 Å². The Bertz CT molecular complexity index is 1540. The number of aliphatic hydroxyl groups is 1. The Morgan fingerprint density at radius 1 is 1.10 bits per heavy atom. The van der Waals surface area contributed by atoms with Gasteiger partial charge in [-0.25, -0.2) is 4.39 Å². The molecule has 3 aromatic rings. The van der Waals surface area contributed by atoms with Crippen molar-refractivity contribution < 1.29 is 19.1 Å². The van der Waals surface area contributed by atoms with E-state index in [4.69, 9.17) is 39.9 Å². The number of nitrogens with one attached hydrogen (secondary N) is 2. The van der Waals surface area contributed by atoms with Crippen LogP contribution in [0.25, 0.3) is 10.9 Å². The number of fused-ring (bicyclic) bond motifs is 1. The summed E-state index contributed by atoms with van der Waals surface area (Å²) in [4.78, 5) is 40.9. The number of amides is 2. The minimum absolute atomic E-state index is 0.0181. The maximum absolute atomic E-state index is 15.7. The molecule has 1 unspecified atom stereocenters. The Kier molecular flexibility index (Phi) is 8.56. The van der Waals surface area contributed by atoms with E-state index in [1.807, 2.05) is 0 Å². The van der Waals surface area contributed by atoms with Crippen LogP contribution in [-0.2, 0) is 11.3 Å². The number of carbonyl (C=O) groups is 2. The number of hydrogen-bond donors (Lipinski definition) is 3. The molecule has 2 aromatic carbocycles. The van der Waals surface area contributed by atoms with E-state index in [9.17, 15) is 14.4 Å². The van der Waals surface area contributed by atoms with E-state index >= 15 is 4.39 Å². The van der Waals surface area contributed by atoms with Gasteiger partial charge in [-0.1, -0.05) is 40.9 Å². The van der Waals surface area contributed by atoms with Crippen molar-refractivity contribution in [3.63, 3.8) is 0 Å². The van der Waals surface area contributed by atoms with E-state index in [0.29, 0.717) is 40.5 Å². The maximum Gasteiger partial charge on any atom is 0.257 e. The molecule has 0 bridgehead atoms. The fraction of sp³-hybridized carbons (Fsp3) is 0.393. The predicted molar refractivity (Wildman–Crippen MR) is 154 cm³/mol. The fourth-order valence-electron chi connectivity index (χ4n) is 5.18. The molecule has 1 saturated carbocycles. The first kappa shape index (κ1) is 28.7. The first-order chi connectivity index (χ1) is 19.2. The van der Waals surface area contributed by atoms with Crippen molar-refractivity contribution in [2.75, 3.05) is 31.1 Å². The SMILES string of the molecule is O=C(NCc1ccc(Cl)cc1Cl)c1cn(C2CC2)c2c(Cl)c(N3CCCC(C(=O)NCCO)C3)c(F)cc2c1=O. The standard InChI is InChI=1S/C28H28Cl3FN4O4/c29-17-4-3-15(21(30)10-17)12-34-28(40)20-14-36(18-5-6-18)24-19(26(20)38)11-22(32)25(23(24)31)35-8-1-2-16(13-35)27(39)33-7-9-37/h3-4,10-11,14,16,18,37H,1-2,5-9,12-13H2,(H,33,39)(H,34,40). The van der Waals surface area contributed by atoms with Gasteiger partial charge in [0.25, 0.3) is 5.91 Å². The summed E-state index contributed by atoms with van der Waals surface area (Å²) in [7, 11) is 0. The van der Waals surface area contributed by atoms with Gasteiger partial charge in [-0.3, -0.25) is 14.4 Å². The Balaban J connectivity index is 1.49. The molecular weight excluding hydrogens is 582 g/mol. The Hall–Kier alpha value is -2.85. The van der Waals surface area contributed by atoms with Gasteiger partial charge in [0.1, 0.15) is 11.4 Å². The van der Waals surface area contributed by atoms with Gasteiger partial charge in [0, 0.05) is 48.5 Å². The van der Waals surface area contributed by atoms with E-state index in [1.54, 1.807) is 27.7 Å². The number of halogens is 4. The maximum atomic E-state index is 15.7. The summed E-state index contributed by atoms with van der Waals surface area (Å²) >= 11 is 19.0. The molecule has 1 saturated heterocycles. The monoisotopic (exact) mass is 608 g/mol. The van der Waals surface area contributed by atoms with Crippen molar-refractivity contribution >= 4 is 63.2 Å². The molecule has 12 heteroatoms. The molecule has 5 rings (SSSR count). The lowest BCUT2D eigenvalue weighted by Crippen LogP contribution is -2.44. The highest BCUT2D eigenvalue weighted by Crippen LogP contribution is 2.42. The van der Waals surface area contributed by atoms with Crippen LogP contribution in [0.1, 0.15) is 47.6 Å². The minimum Gasteiger partial charge on any atom is -0.395 e. The summed E-state index contributed by atoms with van der Waals surface area (Å²) in [6, 6.07) is 6.06. The van der Waals surface area contributed by atoms with Gasteiger partial charge in [-0.05, 0) is 49.4 Å². The molecule has 1 aromatic heterocycles. The number of nitrogens with zero attached hydrogens (tertiary/aromatic N) is 2. The molecular formula is C28H28Cl3FN4O4. The summed E-state index contributed by atoms with van der Waals surface area (Å²) in [5.41, 5.74) is 0.392. The molecule has 212 valence electrons. The lowest BCUT2D eigenvalue weighted by atomic mass is 9.96. The topological polar surface area (TPSA) is 104 Å². The predicted octanol–water partition coefficient (Wildman–Crippen LogP) is 4.69. The van der Waals surface area contributed by atoms with Crippen molar-refractivity contribution in [1.82, 2.24) is 15.2 Å². The third kappa shape index (κ3) is 5.79. The van der Waals surface area contributed by atoms with Crippen molar-refractivity contribution in [2.45, 2.75) is 38.3 Å². The molecule has 1 atom stereocenters. The van der Waals surface area contributed by atoms with Crippen LogP contribution in [0.2, 0.25) is 15.1 Å². The average Bonchev–Trinajstić information content (AvgIpc) is 3.77. The normalized spacial score (nSPS) is 17.2. The lowest BCUT2D eigenvalue weighted by Gasteiger charge is -2.34. The van der Waals surface area contributed by atoms with E-state index in [2.05, 4.69) is 10.6 Å². The Labute approximate surface area is 245 Å². The van der Waals surface area contributed by atoms with Crippen molar-refractivity contribution in [2.24, 2.45) is 5.92 Å². The molecule has 0 radical (unpaired) electrons. The van der Waals surface area contributed by atoms with Gasteiger partial charge in [-0.15, -0.1) is 0 Å². The summed E-state index contributed by atoms with van der Waals surface area (Å²) in [6.45, 7) is 0.803. The van der Waals surface area contributed by atoms with Gasteiger partial charge in [0.15, 0.2) is 0 Å². The zero-order valence-electron chi connectivity index (χ0n) is 21.5. The fourth-order valence-corrected chi connectivity index (χ4v) is 6.06. The smallest absolute Gasteiger partial charge is 0.257 e. The van der Waals surface area contributed by atoms with Gasteiger partial charge >= 0.3 is 0 Å². The Morgan fingerprint density at radius 3 is 2.58 bits per heavy atom. The molecule has 8 nitrogen and oxygen atoms in total. The summed E-state index contributed by atoms with van der Waals surface area (Å²) in [6.07, 6.45) is 4.44. The molecule has 2 aliphatic rings. The number of piperidine rings is 1. The number of benzene rings is 2. The number of anilines is 1. The third-order valence-electron chi connectivity index (χ3n) is 7.34. The van der Waals surface area contributed by atoms with Crippen LogP contribution in [0.5, 0.6) is 0 Å². The molecule has 0 spiro atoms. The second kappa shape index (κ2) is 11.9. The average molecular weight is 610 g/mol. The first-order valence-corrected chi connectivity index (χ1v) is 14.3. The summed E-state index contributed by atoms with van der Waals surface area (Å²) in [5.74, 6) is -1.90. The first-order valence-electron chi connectivity index (χ1n) is 13.1. The molecule has 3 N–H and O–H groups in total. The summed E-state index contributed by atoms with van der Waals surface area (Å²) in [5, 5.41) is 15.4. The van der Waals surface area contributed by atoms with Crippen LogP contribution in [0, 0.1) is 11.7 Å². The quantitative estimate of drug-likeness (QED) is 0.344. The number of rotatable bonds is 8. The molecule has 1 aliphatic heterocycles. The summed E-state index contributed by atoms with van der Waals surface area (Å²) < 4.78 is 17.5. The molecule has 40 heavy (non-hydrogen) atoms.